The molecule has 0 atom stereocenters. The summed E-state index contributed by atoms with van der Waals surface area (Å²) < 4.78 is 5.50. The van der Waals surface area contributed by atoms with Crippen molar-refractivity contribution in [3.63, 3.8) is 0 Å². The molecule has 1 saturated heterocycles. The van der Waals surface area contributed by atoms with Crippen molar-refractivity contribution in [3.05, 3.63) is 35.4 Å². The van der Waals surface area contributed by atoms with E-state index in [0.717, 1.165) is 42.4 Å². The lowest BCUT2D eigenvalue weighted by molar-refractivity contribution is -0.00554. The van der Waals surface area contributed by atoms with Crippen molar-refractivity contribution >= 4 is 21.8 Å². The molecule has 0 bridgehead atoms. The number of halogens is 1. The van der Waals surface area contributed by atoms with Crippen LogP contribution in [-0.2, 0) is 10.1 Å². The van der Waals surface area contributed by atoms with Gasteiger partial charge in [-0.3, -0.25) is 4.79 Å². The molecule has 1 amide bonds. The highest BCUT2D eigenvalue weighted by Gasteiger charge is 2.23. The van der Waals surface area contributed by atoms with Gasteiger partial charge in [-0.25, -0.2) is 0 Å². The Bertz CT molecular complexity index is 427. The van der Waals surface area contributed by atoms with Gasteiger partial charge in [0.2, 0.25) is 0 Å². The van der Waals surface area contributed by atoms with Gasteiger partial charge in [-0.15, -0.1) is 0 Å². The second kappa shape index (κ2) is 7.76. The number of hydrogen-bond acceptors (Lipinski definition) is 3. The molecule has 1 aromatic rings. The quantitative estimate of drug-likeness (QED) is 0.835. The second-order valence-corrected chi connectivity index (χ2v) is 5.48. The number of piperidine rings is 1. The summed E-state index contributed by atoms with van der Waals surface area (Å²) in [6.07, 6.45) is 1.85. The Morgan fingerprint density at radius 1 is 1.30 bits per heavy atom. The number of carbonyl (C=O) groups is 1. The number of likely N-dealkylation sites (tertiary alicyclic amines) is 1. The molecule has 1 aliphatic rings. The van der Waals surface area contributed by atoms with Gasteiger partial charge in [0.25, 0.3) is 5.91 Å². The molecule has 20 heavy (non-hydrogen) atoms. The van der Waals surface area contributed by atoms with Gasteiger partial charge in [0.15, 0.2) is 0 Å². The van der Waals surface area contributed by atoms with Crippen LogP contribution in [0.2, 0.25) is 0 Å². The van der Waals surface area contributed by atoms with E-state index in [-0.39, 0.29) is 18.6 Å². The maximum atomic E-state index is 12.4. The zero-order chi connectivity index (χ0) is 14.4. The first-order valence-corrected chi connectivity index (χ1v) is 8.03. The normalized spacial score (nSPS) is 16.4. The van der Waals surface area contributed by atoms with Gasteiger partial charge in [0.1, 0.15) is 0 Å². The number of ether oxygens (including phenoxy) is 1. The molecule has 110 valence electrons. The van der Waals surface area contributed by atoms with Gasteiger partial charge in [0.05, 0.1) is 19.3 Å². The van der Waals surface area contributed by atoms with Crippen LogP contribution in [0.15, 0.2) is 24.3 Å². The summed E-state index contributed by atoms with van der Waals surface area (Å²) in [5, 5.41) is 9.54. The van der Waals surface area contributed by atoms with Crippen molar-refractivity contribution in [1.29, 1.82) is 0 Å². The first-order chi connectivity index (χ1) is 9.74. The van der Waals surface area contributed by atoms with E-state index in [2.05, 4.69) is 15.9 Å². The Morgan fingerprint density at radius 3 is 2.50 bits per heavy atom. The lowest BCUT2D eigenvalue weighted by Crippen LogP contribution is -2.41. The van der Waals surface area contributed by atoms with E-state index in [1.807, 2.05) is 29.2 Å². The molecule has 1 aliphatic heterocycles. The monoisotopic (exact) mass is 341 g/mol. The van der Waals surface area contributed by atoms with E-state index >= 15 is 0 Å². The maximum Gasteiger partial charge on any atom is 0.253 e. The highest BCUT2D eigenvalue weighted by atomic mass is 79.9. The SMILES string of the molecule is O=C(c1ccc(CBr)cc1)N1CCC(OCCO)CC1. The number of aliphatic hydroxyl groups is 1. The summed E-state index contributed by atoms with van der Waals surface area (Å²) in [6.45, 7) is 1.87. The number of alkyl halides is 1. The minimum absolute atomic E-state index is 0.0546. The average Bonchev–Trinajstić information content (AvgIpc) is 2.53. The fourth-order valence-electron chi connectivity index (χ4n) is 2.36. The Labute approximate surface area is 127 Å². The molecular formula is C15H20BrNO3. The third-order valence-corrected chi connectivity index (χ3v) is 4.18. The molecule has 0 radical (unpaired) electrons. The number of rotatable bonds is 5. The van der Waals surface area contributed by atoms with Crippen molar-refractivity contribution in [2.24, 2.45) is 0 Å². The van der Waals surface area contributed by atoms with Crippen molar-refractivity contribution in [2.75, 3.05) is 26.3 Å². The topological polar surface area (TPSA) is 49.8 Å². The van der Waals surface area contributed by atoms with E-state index in [1.54, 1.807) is 0 Å². The number of hydrogen-bond donors (Lipinski definition) is 1. The van der Waals surface area contributed by atoms with Crippen LogP contribution >= 0.6 is 15.9 Å². The molecule has 0 unspecified atom stereocenters. The first kappa shape index (κ1) is 15.5. The third-order valence-electron chi connectivity index (χ3n) is 3.53. The number of amides is 1. The smallest absolute Gasteiger partial charge is 0.253 e. The minimum Gasteiger partial charge on any atom is -0.394 e. The van der Waals surface area contributed by atoms with E-state index in [1.165, 1.54) is 0 Å². The standard InChI is InChI=1S/C15H20BrNO3/c16-11-12-1-3-13(4-2-12)15(19)17-7-5-14(6-8-17)20-10-9-18/h1-4,14,18H,5-11H2. The van der Waals surface area contributed by atoms with Crippen LogP contribution in [0.4, 0.5) is 0 Å². The lowest BCUT2D eigenvalue weighted by atomic mass is 10.1. The molecule has 1 fully saturated rings. The summed E-state index contributed by atoms with van der Waals surface area (Å²) in [6, 6.07) is 7.71. The molecule has 0 spiro atoms. The fraction of sp³-hybridized carbons (Fsp3) is 0.533. The van der Waals surface area contributed by atoms with Crippen molar-refractivity contribution < 1.29 is 14.6 Å². The average molecular weight is 342 g/mol. The van der Waals surface area contributed by atoms with Crippen LogP contribution in [0.25, 0.3) is 0 Å². The van der Waals surface area contributed by atoms with Gasteiger partial charge in [-0.1, -0.05) is 28.1 Å². The van der Waals surface area contributed by atoms with Crippen molar-refractivity contribution in [3.8, 4) is 0 Å². The first-order valence-electron chi connectivity index (χ1n) is 6.91. The van der Waals surface area contributed by atoms with Crippen LogP contribution in [0, 0.1) is 0 Å². The highest BCUT2D eigenvalue weighted by molar-refractivity contribution is 9.08. The Morgan fingerprint density at radius 2 is 1.95 bits per heavy atom. The molecule has 1 aromatic carbocycles. The zero-order valence-corrected chi connectivity index (χ0v) is 13.0. The Hall–Kier alpha value is -0.910. The Kier molecular flexibility index (Phi) is 6.01. The highest BCUT2D eigenvalue weighted by Crippen LogP contribution is 2.17. The summed E-state index contributed by atoms with van der Waals surface area (Å²) in [4.78, 5) is 14.2. The van der Waals surface area contributed by atoms with E-state index in [9.17, 15) is 4.79 Å². The molecule has 0 saturated carbocycles. The maximum absolute atomic E-state index is 12.4. The summed E-state index contributed by atoms with van der Waals surface area (Å²) in [7, 11) is 0. The van der Waals surface area contributed by atoms with Gasteiger partial charge >= 0.3 is 0 Å². The van der Waals surface area contributed by atoms with E-state index in [4.69, 9.17) is 9.84 Å². The zero-order valence-electron chi connectivity index (χ0n) is 11.4. The molecule has 0 aliphatic carbocycles. The second-order valence-electron chi connectivity index (χ2n) is 4.92. The van der Waals surface area contributed by atoms with Gasteiger partial charge in [-0.2, -0.15) is 0 Å². The van der Waals surface area contributed by atoms with Gasteiger partial charge < -0.3 is 14.7 Å². The summed E-state index contributed by atoms with van der Waals surface area (Å²) in [5.41, 5.74) is 1.90. The van der Waals surface area contributed by atoms with E-state index in [0.29, 0.717) is 6.61 Å². The van der Waals surface area contributed by atoms with Crippen LogP contribution < -0.4 is 0 Å². The molecular weight excluding hydrogens is 322 g/mol. The van der Waals surface area contributed by atoms with Crippen LogP contribution in [0.1, 0.15) is 28.8 Å². The van der Waals surface area contributed by atoms with Crippen LogP contribution in [0.5, 0.6) is 0 Å². The molecule has 0 aromatic heterocycles. The van der Waals surface area contributed by atoms with Gasteiger partial charge in [0, 0.05) is 24.0 Å². The molecule has 5 heteroatoms. The summed E-state index contributed by atoms with van der Waals surface area (Å²) >= 11 is 3.40. The van der Waals surface area contributed by atoms with E-state index < -0.39 is 0 Å². The largest absolute Gasteiger partial charge is 0.394 e. The van der Waals surface area contributed by atoms with Crippen LogP contribution in [0.3, 0.4) is 0 Å². The number of aliphatic hydroxyl groups excluding tert-OH is 1. The minimum atomic E-state index is 0.0546. The molecule has 1 N–H and O–H groups in total. The molecule has 4 nitrogen and oxygen atoms in total. The Balaban J connectivity index is 1.87. The number of benzene rings is 1. The van der Waals surface area contributed by atoms with Crippen molar-refractivity contribution in [2.45, 2.75) is 24.3 Å². The number of nitrogens with zero attached hydrogens (tertiary/aromatic N) is 1. The van der Waals surface area contributed by atoms with Crippen LogP contribution in [-0.4, -0.2) is 48.3 Å². The predicted molar refractivity (Wildman–Crippen MR) is 81.0 cm³/mol. The summed E-state index contributed by atoms with van der Waals surface area (Å²) in [5.74, 6) is 0.0896. The van der Waals surface area contributed by atoms with Gasteiger partial charge in [-0.05, 0) is 30.5 Å². The third kappa shape index (κ3) is 4.04. The fourth-order valence-corrected chi connectivity index (χ4v) is 2.74. The number of carbonyl (C=O) groups excluding carboxylic acids is 1. The van der Waals surface area contributed by atoms with Crippen molar-refractivity contribution in [1.82, 2.24) is 4.90 Å². The predicted octanol–water partition coefficient (Wildman–Crippen LogP) is 2.20. The molecule has 1 heterocycles. The molecule has 2 rings (SSSR count). The lowest BCUT2D eigenvalue weighted by Gasteiger charge is -2.32.